The number of Topliss-reactive ketones (excluding diaryl/α,β-unsaturated/α-hetero) is 1. The Morgan fingerprint density at radius 3 is 2.39 bits per heavy atom. The van der Waals surface area contributed by atoms with E-state index in [1.54, 1.807) is 19.3 Å². The van der Waals surface area contributed by atoms with E-state index in [0.717, 1.165) is 40.3 Å². The van der Waals surface area contributed by atoms with Crippen molar-refractivity contribution in [2.45, 2.75) is 20.4 Å². The molecule has 4 rings (SSSR count). The normalized spacial score (nSPS) is 10.8. The van der Waals surface area contributed by atoms with Crippen molar-refractivity contribution in [2.24, 2.45) is 0 Å². The third kappa shape index (κ3) is 3.34. The molecular formula is C23H20N4O. The van der Waals surface area contributed by atoms with Crippen LogP contribution in [0.25, 0.3) is 33.8 Å². The number of ketones is 1. The maximum Gasteiger partial charge on any atom is 0.159 e. The van der Waals surface area contributed by atoms with Crippen LogP contribution in [0.15, 0.2) is 73.2 Å². The van der Waals surface area contributed by atoms with Crippen LogP contribution in [0, 0.1) is 0 Å². The maximum atomic E-state index is 11.5. The number of hydrogen-bond donors (Lipinski definition) is 0. The number of rotatable bonds is 5. The molecule has 1 aromatic carbocycles. The highest BCUT2D eigenvalue weighted by molar-refractivity contribution is 5.94. The number of benzene rings is 1. The fraction of sp³-hybridized carbons (Fsp3) is 0.130. The van der Waals surface area contributed by atoms with E-state index in [1.807, 2.05) is 65.5 Å². The fourth-order valence-electron chi connectivity index (χ4n) is 3.24. The summed E-state index contributed by atoms with van der Waals surface area (Å²) in [5.74, 6) is 0.0558. The predicted octanol–water partition coefficient (Wildman–Crippen LogP) is 4.90. The van der Waals surface area contributed by atoms with Crippen LogP contribution in [0.5, 0.6) is 0 Å². The number of nitrogens with zero attached hydrogens (tertiary/aromatic N) is 4. The Balaban J connectivity index is 1.78. The van der Waals surface area contributed by atoms with Gasteiger partial charge in [0.05, 0.1) is 23.3 Å². The zero-order chi connectivity index (χ0) is 19.5. The molecule has 0 atom stereocenters. The molecule has 5 nitrogen and oxygen atoms in total. The van der Waals surface area contributed by atoms with Crippen molar-refractivity contribution in [2.75, 3.05) is 0 Å². The van der Waals surface area contributed by atoms with Gasteiger partial charge in [0.25, 0.3) is 0 Å². The molecule has 28 heavy (non-hydrogen) atoms. The van der Waals surface area contributed by atoms with Crippen LogP contribution < -0.4 is 0 Å². The van der Waals surface area contributed by atoms with Gasteiger partial charge in [0.15, 0.2) is 5.78 Å². The summed E-state index contributed by atoms with van der Waals surface area (Å²) in [6.07, 6.45) is 5.47. The van der Waals surface area contributed by atoms with Gasteiger partial charge in [-0.15, -0.1) is 0 Å². The first-order chi connectivity index (χ1) is 13.7. The quantitative estimate of drug-likeness (QED) is 0.470. The number of carbonyl (C=O) groups excluding carboxylic acids is 1. The molecule has 3 heterocycles. The van der Waals surface area contributed by atoms with E-state index in [4.69, 9.17) is 0 Å². The van der Waals surface area contributed by atoms with Gasteiger partial charge in [-0.05, 0) is 43.7 Å². The van der Waals surface area contributed by atoms with Crippen LogP contribution in [0.2, 0.25) is 0 Å². The van der Waals surface area contributed by atoms with Crippen LogP contribution >= 0.6 is 0 Å². The SMILES string of the molecule is CCn1ncc(-c2ccnc(-c3ccc(C(C)=O)cc3)c2)c1-c1ccccn1. The molecule has 0 saturated heterocycles. The molecule has 3 aromatic heterocycles. The summed E-state index contributed by atoms with van der Waals surface area (Å²) in [7, 11) is 0. The lowest BCUT2D eigenvalue weighted by atomic mass is 10.0. The van der Waals surface area contributed by atoms with E-state index in [9.17, 15) is 4.79 Å². The molecule has 4 aromatic rings. The molecule has 0 unspecified atom stereocenters. The second kappa shape index (κ2) is 7.56. The lowest BCUT2D eigenvalue weighted by Crippen LogP contribution is -2.00. The average Bonchev–Trinajstić information content (AvgIpc) is 3.19. The van der Waals surface area contributed by atoms with Gasteiger partial charge in [-0.1, -0.05) is 30.3 Å². The monoisotopic (exact) mass is 368 g/mol. The second-order valence-corrected chi connectivity index (χ2v) is 6.50. The summed E-state index contributed by atoms with van der Waals surface area (Å²) in [6.45, 7) is 4.40. The van der Waals surface area contributed by atoms with Gasteiger partial charge < -0.3 is 0 Å². The average molecular weight is 368 g/mol. The van der Waals surface area contributed by atoms with Gasteiger partial charge >= 0.3 is 0 Å². The third-order valence-electron chi connectivity index (χ3n) is 4.70. The number of hydrogen-bond acceptors (Lipinski definition) is 4. The highest BCUT2D eigenvalue weighted by Crippen LogP contribution is 2.32. The molecule has 0 aliphatic rings. The Labute approximate surface area is 163 Å². The van der Waals surface area contributed by atoms with E-state index in [1.165, 1.54) is 0 Å². The Morgan fingerprint density at radius 2 is 1.71 bits per heavy atom. The number of pyridine rings is 2. The van der Waals surface area contributed by atoms with Gasteiger partial charge in [0, 0.05) is 35.6 Å². The first-order valence-corrected chi connectivity index (χ1v) is 9.22. The molecule has 0 spiro atoms. The summed E-state index contributed by atoms with van der Waals surface area (Å²) in [4.78, 5) is 20.5. The van der Waals surface area contributed by atoms with E-state index in [0.29, 0.717) is 5.56 Å². The summed E-state index contributed by atoms with van der Waals surface area (Å²) in [5.41, 5.74) is 6.44. The van der Waals surface area contributed by atoms with Gasteiger partial charge in [-0.2, -0.15) is 5.10 Å². The Hall–Kier alpha value is -3.60. The first-order valence-electron chi connectivity index (χ1n) is 9.22. The molecule has 0 aliphatic carbocycles. The fourth-order valence-corrected chi connectivity index (χ4v) is 3.24. The Kier molecular flexibility index (Phi) is 4.81. The molecule has 0 amide bonds. The van der Waals surface area contributed by atoms with Gasteiger partial charge in [0.1, 0.15) is 0 Å². The van der Waals surface area contributed by atoms with Crippen LogP contribution in [0.3, 0.4) is 0 Å². The zero-order valence-electron chi connectivity index (χ0n) is 15.8. The molecular weight excluding hydrogens is 348 g/mol. The van der Waals surface area contributed by atoms with E-state index < -0.39 is 0 Å². The van der Waals surface area contributed by atoms with Crippen LogP contribution in [0.1, 0.15) is 24.2 Å². The maximum absolute atomic E-state index is 11.5. The highest BCUT2D eigenvalue weighted by atomic mass is 16.1. The zero-order valence-corrected chi connectivity index (χ0v) is 15.8. The third-order valence-corrected chi connectivity index (χ3v) is 4.70. The molecule has 138 valence electrons. The highest BCUT2D eigenvalue weighted by Gasteiger charge is 2.15. The first kappa shape index (κ1) is 17.8. The predicted molar refractivity (Wildman–Crippen MR) is 110 cm³/mol. The van der Waals surface area contributed by atoms with Crippen molar-refractivity contribution in [1.82, 2.24) is 19.7 Å². The molecule has 0 fully saturated rings. The van der Waals surface area contributed by atoms with Crippen LogP contribution in [0.4, 0.5) is 0 Å². The van der Waals surface area contributed by atoms with Crippen molar-refractivity contribution in [3.8, 4) is 33.8 Å². The van der Waals surface area contributed by atoms with E-state index in [2.05, 4.69) is 22.0 Å². The second-order valence-electron chi connectivity index (χ2n) is 6.50. The lowest BCUT2D eigenvalue weighted by Gasteiger charge is -2.09. The molecule has 0 aliphatic heterocycles. The van der Waals surface area contributed by atoms with Gasteiger partial charge in [-0.25, -0.2) is 0 Å². The standard InChI is InChI=1S/C23H20N4O/c1-3-27-23(21-6-4-5-12-24-21)20(15-26-27)19-11-13-25-22(14-19)18-9-7-17(8-10-18)16(2)28/h4-15H,3H2,1-2H3. The minimum Gasteiger partial charge on any atom is -0.295 e. The van der Waals surface area contributed by atoms with Crippen molar-refractivity contribution < 1.29 is 4.79 Å². The summed E-state index contributed by atoms with van der Waals surface area (Å²) < 4.78 is 1.96. The minimum absolute atomic E-state index is 0.0558. The van der Waals surface area contributed by atoms with Crippen molar-refractivity contribution >= 4 is 5.78 Å². The lowest BCUT2D eigenvalue weighted by molar-refractivity contribution is 0.101. The van der Waals surface area contributed by atoms with Crippen molar-refractivity contribution in [1.29, 1.82) is 0 Å². The van der Waals surface area contributed by atoms with Crippen molar-refractivity contribution in [3.05, 3.63) is 78.8 Å². The topological polar surface area (TPSA) is 60.7 Å². The summed E-state index contributed by atoms with van der Waals surface area (Å²) in [6, 6.07) is 17.4. The molecule has 0 saturated carbocycles. The van der Waals surface area contributed by atoms with Gasteiger partial charge in [-0.3, -0.25) is 19.4 Å². The summed E-state index contributed by atoms with van der Waals surface area (Å²) >= 11 is 0. The summed E-state index contributed by atoms with van der Waals surface area (Å²) in [5, 5.41) is 4.54. The Bertz CT molecular complexity index is 1120. The smallest absolute Gasteiger partial charge is 0.159 e. The van der Waals surface area contributed by atoms with Crippen molar-refractivity contribution in [3.63, 3.8) is 0 Å². The number of aromatic nitrogens is 4. The van der Waals surface area contributed by atoms with E-state index >= 15 is 0 Å². The Morgan fingerprint density at radius 1 is 0.929 bits per heavy atom. The molecule has 0 radical (unpaired) electrons. The number of aryl methyl sites for hydroxylation is 1. The van der Waals surface area contributed by atoms with Gasteiger partial charge in [0.2, 0.25) is 0 Å². The molecule has 0 N–H and O–H groups in total. The minimum atomic E-state index is 0.0558. The largest absolute Gasteiger partial charge is 0.295 e. The van der Waals surface area contributed by atoms with Crippen LogP contribution in [-0.2, 0) is 6.54 Å². The van der Waals surface area contributed by atoms with Crippen LogP contribution in [-0.4, -0.2) is 25.5 Å². The van der Waals surface area contributed by atoms with E-state index in [-0.39, 0.29) is 5.78 Å². The molecule has 5 heteroatoms. The molecule has 0 bridgehead atoms. The number of carbonyl (C=O) groups is 1.